The Hall–Kier alpha value is -2.02. The maximum absolute atomic E-state index is 13.9. The quantitative estimate of drug-likeness (QED) is 0.567. The number of fused-ring (bicyclic) bond motifs is 3. The molecule has 1 aliphatic carbocycles. The maximum atomic E-state index is 13.9. The zero-order chi connectivity index (χ0) is 23.6. The summed E-state index contributed by atoms with van der Waals surface area (Å²) in [5, 5.41) is 3.37. The number of aromatic nitrogens is 2. The largest absolute Gasteiger partial charge is 0.351 e. The molecule has 2 heterocycles. The molecule has 0 spiro atoms. The molecule has 1 N–H and O–H groups in total. The summed E-state index contributed by atoms with van der Waals surface area (Å²) in [4.78, 5) is 34.0. The summed E-state index contributed by atoms with van der Waals surface area (Å²) in [6.45, 7) is 9.64. The second-order valence-corrected chi connectivity index (χ2v) is 11.3. The van der Waals surface area contributed by atoms with E-state index in [9.17, 15) is 9.59 Å². The van der Waals surface area contributed by atoms with Crippen LogP contribution in [0.25, 0.3) is 11.0 Å². The number of hydrogen-bond donors (Lipinski definition) is 1. The number of rotatable bonds is 8. The lowest BCUT2D eigenvalue weighted by molar-refractivity contribution is -0.134. The summed E-state index contributed by atoms with van der Waals surface area (Å²) in [6.07, 6.45) is 5.38. The maximum Gasteiger partial charge on any atom is 0.290 e. The molecule has 0 radical (unpaired) electrons. The minimum Gasteiger partial charge on any atom is -0.351 e. The Bertz CT molecular complexity index is 1010. The highest BCUT2D eigenvalue weighted by Gasteiger charge is 2.49. The standard InChI is InChI=1S/C26H38N4O2S/c1-5-15-33-16-9-14-30-24(31)23-27-21-11-6-7-13-22(21)29(23)17-26(30,4)25(32)28-20-12-8-10-18(2)19(20)3/h6-7,11,13,18-20H,5,8-10,12,14-17H2,1-4H3,(H,28,32)/t18-,19-,20+,26+/m0/s1. The molecule has 4 rings (SSSR count). The van der Waals surface area contributed by atoms with Crippen molar-refractivity contribution in [3.8, 4) is 0 Å². The van der Waals surface area contributed by atoms with E-state index in [1.165, 1.54) is 6.42 Å². The highest BCUT2D eigenvalue weighted by atomic mass is 32.2. The summed E-state index contributed by atoms with van der Waals surface area (Å²) >= 11 is 1.91. The molecule has 1 aromatic carbocycles. The summed E-state index contributed by atoms with van der Waals surface area (Å²) in [7, 11) is 0. The first-order valence-electron chi connectivity index (χ1n) is 12.5. The van der Waals surface area contributed by atoms with E-state index in [0.717, 1.165) is 48.2 Å². The van der Waals surface area contributed by atoms with Gasteiger partial charge in [0, 0.05) is 12.6 Å². The van der Waals surface area contributed by atoms with Gasteiger partial charge < -0.3 is 14.8 Å². The van der Waals surface area contributed by atoms with E-state index in [4.69, 9.17) is 0 Å². The van der Waals surface area contributed by atoms with Crippen molar-refractivity contribution in [3.05, 3.63) is 30.1 Å². The molecule has 180 valence electrons. The number of para-hydroxylation sites is 2. The first-order chi connectivity index (χ1) is 15.9. The number of carbonyl (C=O) groups excluding carboxylic acids is 2. The molecule has 1 aromatic heterocycles. The number of carbonyl (C=O) groups is 2. The third-order valence-electron chi connectivity index (χ3n) is 7.68. The Morgan fingerprint density at radius 1 is 1.24 bits per heavy atom. The summed E-state index contributed by atoms with van der Waals surface area (Å²) in [6, 6.07) is 7.98. The topological polar surface area (TPSA) is 67.2 Å². The highest BCUT2D eigenvalue weighted by molar-refractivity contribution is 7.99. The highest BCUT2D eigenvalue weighted by Crippen LogP contribution is 2.33. The van der Waals surface area contributed by atoms with Crippen molar-refractivity contribution in [1.82, 2.24) is 19.8 Å². The molecule has 2 aliphatic rings. The lowest BCUT2D eigenvalue weighted by Crippen LogP contribution is -2.65. The van der Waals surface area contributed by atoms with Crippen molar-refractivity contribution in [2.45, 2.75) is 77.9 Å². The van der Waals surface area contributed by atoms with Crippen molar-refractivity contribution in [2.75, 3.05) is 18.1 Å². The molecule has 1 fully saturated rings. The predicted octanol–water partition coefficient (Wildman–Crippen LogP) is 4.73. The second-order valence-electron chi connectivity index (χ2n) is 10.1. The van der Waals surface area contributed by atoms with Gasteiger partial charge in [0.15, 0.2) is 5.82 Å². The fourth-order valence-electron chi connectivity index (χ4n) is 5.36. The van der Waals surface area contributed by atoms with Crippen LogP contribution in [0.3, 0.4) is 0 Å². The number of benzene rings is 1. The smallest absolute Gasteiger partial charge is 0.290 e. The van der Waals surface area contributed by atoms with Gasteiger partial charge in [-0.2, -0.15) is 11.8 Å². The van der Waals surface area contributed by atoms with Gasteiger partial charge in [-0.15, -0.1) is 0 Å². The number of nitrogens with one attached hydrogen (secondary N) is 1. The SMILES string of the molecule is CCCSCCCN1C(=O)c2nc3ccccc3n2C[C@]1(C)C(=O)N[C@@H]1CCC[C@H](C)[C@@H]1C. The molecule has 2 aromatic rings. The van der Waals surface area contributed by atoms with Gasteiger partial charge in [0.05, 0.1) is 17.6 Å². The molecule has 6 nitrogen and oxygen atoms in total. The minimum absolute atomic E-state index is 0.0357. The van der Waals surface area contributed by atoms with Gasteiger partial charge in [-0.05, 0) is 61.7 Å². The Kier molecular flexibility index (Phi) is 7.37. The lowest BCUT2D eigenvalue weighted by Gasteiger charge is -2.45. The van der Waals surface area contributed by atoms with E-state index in [2.05, 4.69) is 31.1 Å². The van der Waals surface area contributed by atoms with Crippen LogP contribution in [-0.2, 0) is 11.3 Å². The van der Waals surface area contributed by atoms with Gasteiger partial charge in [-0.3, -0.25) is 9.59 Å². The third kappa shape index (κ3) is 4.66. The number of nitrogens with zero attached hydrogens (tertiary/aromatic N) is 3. The van der Waals surface area contributed by atoms with E-state index < -0.39 is 5.54 Å². The Labute approximate surface area is 201 Å². The van der Waals surface area contributed by atoms with Crippen LogP contribution >= 0.6 is 11.8 Å². The summed E-state index contributed by atoms with van der Waals surface area (Å²) < 4.78 is 1.95. The predicted molar refractivity (Wildman–Crippen MR) is 136 cm³/mol. The molecular formula is C26H38N4O2S. The lowest BCUT2D eigenvalue weighted by atomic mass is 9.77. The van der Waals surface area contributed by atoms with Crippen LogP contribution in [0.2, 0.25) is 0 Å². The zero-order valence-electron chi connectivity index (χ0n) is 20.5. The molecule has 0 saturated heterocycles. The Morgan fingerprint density at radius 3 is 2.82 bits per heavy atom. The van der Waals surface area contributed by atoms with Crippen LogP contribution in [0.1, 0.15) is 70.4 Å². The van der Waals surface area contributed by atoms with Crippen molar-refractivity contribution in [3.63, 3.8) is 0 Å². The molecule has 1 saturated carbocycles. The van der Waals surface area contributed by atoms with Gasteiger partial charge in [0.2, 0.25) is 5.91 Å². The molecule has 0 unspecified atom stereocenters. The van der Waals surface area contributed by atoms with Crippen LogP contribution < -0.4 is 5.32 Å². The van der Waals surface area contributed by atoms with Crippen LogP contribution in [-0.4, -0.2) is 55.9 Å². The molecular weight excluding hydrogens is 432 g/mol. The molecule has 7 heteroatoms. The molecule has 4 atom stereocenters. The molecule has 2 amide bonds. The van der Waals surface area contributed by atoms with Crippen LogP contribution in [0.5, 0.6) is 0 Å². The molecule has 0 bridgehead atoms. The number of amides is 2. The van der Waals surface area contributed by atoms with Gasteiger partial charge in [0.25, 0.3) is 5.91 Å². The average molecular weight is 471 g/mol. The van der Waals surface area contributed by atoms with Crippen LogP contribution in [0, 0.1) is 11.8 Å². The Balaban J connectivity index is 1.62. The van der Waals surface area contributed by atoms with Crippen molar-refractivity contribution < 1.29 is 9.59 Å². The van der Waals surface area contributed by atoms with Crippen LogP contribution in [0.4, 0.5) is 0 Å². The minimum atomic E-state index is -0.941. The zero-order valence-corrected chi connectivity index (χ0v) is 21.3. The van der Waals surface area contributed by atoms with Crippen molar-refractivity contribution >= 4 is 34.6 Å². The molecule has 1 aliphatic heterocycles. The van der Waals surface area contributed by atoms with Gasteiger partial charge in [-0.1, -0.05) is 45.7 Å². The van der Waals surface area contributed by atoms with Gasteiger partial charge >= 0.3 is 0 Å². The van der Waals surface area contributed by atoms with E-state index in [1.54, 1.807) is 4.90 Å². The monoisotopic (exact) mass is 470 g/mol. The van der Waals surface area contributed by atoms with Crippen molar-refractivity contribution in [2.24, 2.45) is 11.8 Å². The first kappa shape index (κ1) is 24.1. The van der Waals surface area contributed by atoms with Crippen molar-refractivity contribution in [1.29, 1.82) is 0 Å². The van der Waals surface area contributed by atoms with Crippen LogP contribution in [0.15, 0.2) is 24.3 Å². The number of imidazole rings is 1. The third-order valence-corrected chi connectivity index (χ3v) is 8.96. The van der Waals surface area contributed by atoms with E-state index in [1.807, 2.05) is 47.5 Å². The second kappa shape index (κ2) is 10.1. The van der Waals surface area contributed by atoms with E-state index in [-0.39, 0.29) is 17.9 Å². The van der Waals surface area contributed by atoms with E-state index in [0.29, 0.717) is 30.7 Å². The summed E-state index contributed by atoms with van der Waals surface area (Å²) in [5.74, 6) is 3.42. The van der Waals surface area contributed by atoms with Gasteiger partial charge in [0.1, 0.15) is 5.54 Å². The fourth-order valence-corrected chi connectivity index (χ4v) is 6.19. The number of thioether (sulfide) groups is 1. The first-order valence-corrected chi connectivity index (χ1v) is 13.7. The number of hydrogen-bond acceptors (Lipinski definition) is 4. The average Bonchev–Trinajstić information content (AvgIpc) is 3.17. The summed E-state index contributed by atoms with van der Waals surface area (Å²) in [5.41, 5.74) is 0.778. The van der Waals surface area contributed by atoms with E-state index >= 15 is 0 Å². The normalized spacial score (nSPS) is 27.6. The Morgan fingerprint density at radius 2 is 2.03 bits per heavy atom. The fraction of sp³-hybridized carbons (Fsp3) is 0.654. The van der Waals surface area contributed by atoms with Gasteiger partial charge in [-0.25, -0.2) is 4.98 Å². The molecule has 33 heavy (non-hydrogen) atoms.